The van der Waals surface area contributed by atoms with Gasteiger partial charge in [-0.1, -0.05) is 23.7 Å². The normalized spacial score (nSPS) is 19.8. The lowest BCUT2D eigenvalue weighted by atomic mass is 10.1. The van der Waals surface area contributed by atoms with Gasteiger partial charge < -0.3 is 5.73 Å². The lowest BCUT2D eigenvalue weighted by Crippen LogP contribution is -2.38. The van der Waals surface area contributed by atoms with Gasteiger partial charge >= 0.3 is 0 Å². The summed E-state index contributed by atoms with van der Waals surface area (Å²) in [4.78, 5) is 2.30. The summed E-state index contributed by atoms with van der Waals surface area (Å²) < 4.78 is 0. The van der Waals surface area contributed by atoms with Gasteiger partial charge in [0.1, 0.15) is 0 Å². The number of halogens is 1. The molecule has 1 unspecified atom stereocenters. The van der Waals surface area contributed by atoms with E-state index in [0.717, 1.165) is 24.4 Å². The average Bonchev–Trinajstić information content (AvgIpc) is 2.95. The molecule has 1 aromatic rings. The highest BCUT2D eigenvalue weighted by Gasteiger charge is 2.39. The fraction of sp³-hybridized carbons (Fsp3) is 0.538. The van der Waals surface area contributed by atoms with Crippen LogP contribution in [0.1, 0.15) is 31.4 Å². The van der Waals surface area contributed by atoms with Crippen molar-refractivity contribution in [2.75, 3.05) is 13.6 Å². The van der Waals surface area contributed by atoms with Crippen molar-refractivity contribution in [2.45, 2.75) is 31.3 Å². The van der Waals surface area contributed by atoms with E-state index in [1.807, 2.05) is 18.2 Å². The largest absolute Gasteiger partial charge is 0.324 e. The van der Waals surface area contributed by atoms with E-state index in [1.54, 1.807) is 0 Å². The molecule has 0 radical (unpaired) electrons. The van der Waals surface area contributed by atoms with Gasteiger partial charge in [-0.15, -0.1) is 0 Å². The highest BCUT2D eigenvalue weighted by molar-refractivity contribution is 6.30. The summed E-state index contributed by atoms with van der Waals surface area (Å²) in [6.45, 7) is 3.15. The van der Waals surface area contributed by atoms with Crippen LogP contribution in [-0.2, 0) is 0 Å². The summed E-state index contributed by atoms with van der Waals surface area (Å²) in [5.74, 6) is 0. The molecule has 2 nitrogen and oxygen atoms in total. The number of nitrogens with zero attached hydrogens (tertiary/aromatic N) is 1. The van der Waals surface area contributed by atoms with Crippen LogP contribution < -0.4 is 5.73 Å². The molecule has 88 valence electrons. The lowest BCUT2D eigenvalue weighted by molar-refractivity contribution is 0.239. The van der Waals surface area contributed by atoms with Gasteiger partial charge in [-0.25, -0.2) is 0 Å². The van der Waals surface area contributed by atoms with Gasteiger partial charge in [-0.2, -0.15) is 0 Å². The van der Waals surface area contributed by atoms with E-state index in [0.29, 0.717) is 6.04 Å². The molecule has 0 amide bonds. The molecule has 0 spiro atoms. The lowest BCUT2D eigenvalue weighted by Gasteiger charge is -2.27. The van der Waals surface area contributed by atoms with Gasteiger partial charge in [-0.05, 0) is 44.5 Å². The van der Waals surface area contributed by atoms with Gasteiger partial charge in [0.2, 0.25) is 0 Å². The van der Waals surface area contributed by atoms with Crippen molar-refractivity contribution in [2.24, 2.45) is 5.73 Å². The van der Waals surface area contributed by atoms with Crippen molar-refractivity contribution in [3.05, 3.63) is 34.9 Å². The van der Waals surface area contributed by atoms with Crippen molar-refractivity contribution in [1.29, 1.82) is 0 Å². The van der Waals surface area contributed by atoms with E-state index in [9.17, 15) is 0 Å². The zero-order valence-corrected chi connectivity index (χ0v) is 10.7. The Hall–Kier alpha value is -0.570. The third kappa shape index (κ3) is 2.76. The SMILES string of the molecule is CC(c1cccc(Cl)c1)N(C)CC1(N)CC1. The first-order chi connectivity index (χ1) is 7.50. The average molecular weight is 239 g/mol. The molecule has 0 aromatic heterocycles. The number of rotatable bonds is 4. The molecule has 1 aliphatic carbocycles. The smallest absolute Gasteiger partial charge is 0.0409 e. The summed E-state index contributed by atoms with van der Waals surface area (Å²) in [5.41, 5.74) is 7.45. The van der Waals surface area contributed by atoms with Crippen LogP contribution in [0.25, 0.3) is 0 Å². The van der Waals surface area contributed by atoms with Crippen LogP contribution >= 0.6 is 11.6 Å². The van der Waals surface area contributed by atoms with Crippen LogP contribution in [0.2, 0.25) is 5.02 Å². The van der Waals surface area contributed by atoms with Crippen LogP contribution in [0.4, 0.5) is 0 Å². The third-order valence-electron chi connectivity index (χ3n) is 3.45. The van der Waals surface area contributed by atoms with Gasteiger partial charge in [0.05, 0.1) is 0 Å². The molecule has 1 saturated carbocycles. The van der Waals surface area contributed by atoms with Crippen molar-refractivity contribution >= 4 is 11.6 Å². The molecule has 0 heterocycles. The minimum atomic E-state index is 0.0710. The fourth-order valence-electron chi connectivity index (χ4n) is 1.97. The number of nitrogens with two attached hydrogens (primary N) is 1. The molecule has 1 aromatic carbocycles. The topological polar surface area (TPSA) is 29.3 Å². The van der Waals surface area contributed by atoms with E-state index in [2.05, 4.69) is 24.9 Å². The Morgan fingerprint density at radius 1 is 1.50 bits per heavy atom. The number of hydrogen-bond donors (Lipinski definition) is 1. The van der Waals surface area contributed by atoms with Crippen molar-refractivity contribution < 1.29 is 0 Å². The number of likely N-dealkylation sites (N-methyl/N-ethyl adjacent to an activating group) is 1. The maximum atomic E-state index is 6.13. The van der Waals surface area contributed by atoms with Crippen LogP contribution in [0, 0.1) is 0 Å². The summed E-state index contributed by atoms with van der Waals surface area (Å²) in [5, 5.41) is 0.798. The van der Waals surface area contributed by atoms with Gasteiger partial charge in [0, 0.05) is 23.1 Å². The molecule has 2 rings (SSSR count). The second-order valence-electron chi connectivity index (χ2n) is 5.01. The molecule has 0 bridgehead atoms. The minimum Gasteiger partial charge on any atom is -0.324 e. The molecule has 3 heteroatoms. The Bertz CT molecular complexity index is 374. The molecular formula is C13H19ClN2. The first-order valence-electron chi connectivity index (χ1n) is 5.75. The highest BCUT2D eigenvalue weighted by Crippen LogP contribution is 2.34. The maximum absolute atomic E-state index is 6.13. The van der Waals surface area contributed by atoms with Crippen LogP contribution in [0.3, 0.4) is 0 Å². The summed E-state index contributed by atoms with van der Waals surface area (Å²) in [7, 11) is 2.12. The summed E-state index contributed by atoms with van der Waals surface area (Å²) in [6.07, 6.45) is 2.30. The monoisotopic (exact) mass is 238 g/mol. The predicted octanol–water partition coefficient (Wildman–Crippen LogP) is 2.82. The molecule has 16 heavy (non-hydrogen) atoms. The molecular weight excluding hydrogens is 220 g/mol. The summed E-state index contributed by atoms with van der Waals surface area (Å²) >= 11 is 6.00. The van der Waals surface area contributed by atoms with Crippen LogP contribution in [-0.4, -0.2) is 24.0 Å². The molecule has 1 fully saturated rings. The molecule has 1 aliphatic rings. The summed E-state index contributed by atoms with van der Waals surface area (Å²) in [6, 6.07) is 8.40. The predicted molar refractivity (Wildman–Crippen MR) is 68.6 cm³/mol. The third-order valence-corrected chi connectivity index (χ3v) is 3.68. The Morgan fingerprint density at radius 2 is 2.19 bits per heavy atom. The molecule has 0 saturated heterocycles. The Kier molecular flexibility index (Phi) is 3.24. The van der Waals surface area contributed by atoms with E-state index in [1.165, 1.54) is 5.56 Å². The Morgan fingerprint density at radius 3 is 2.75 bits per heavy atom. The van der Waals surface area contributed by atoms with E-state index in [4.69, 9.17) is 17.3 Å². The minimum absolute atomic E-state index is 0.0710. The van der Waals surface area contributed by atoms with Crippen molar-refractivity contribution in [1.82, 2.24) is 4.90 Å². The molecule has 2 N–H and O–H groups in total. The van der Waals surface area contributed by atoms with E-state index < -0.39 is 0 Å². The second-order valence-corrected chi connectivity index (χ2v) is 5.44. The molecule has 1 atom stereocenters. The van der Waals surface area contributed by atoms with Crippen LogP contribution in [0.15, 0.2) is 24.3 Å². The van der Waals surface area contributed by atoms with Gasteiger partial charge in [-0.3, -0.25) is 4.90 Å². The number of benzene rings is 1. The fourth-order valence-corrected chi connectivity index (χ4v) is 2.17. The highest BCUT2D eigenvalue weighted by atomic mass is 35.5. The second kappa shape index (κ2) is 4.36. The quantitative estimate of drug-likeness (QED) is 0.874. The van der Waals surface area contributed by atoms with Crippen LogP contribution in [0.5, 0.6) is 0 Å². The number of hydrogen-bond acceptors (Lipinski definition) is 2. The van der Waals surface area contributed by atoms with Crippen molar-refractivity contribution in [3.8, 4) is 0 Å². The van der Waals surface area contributed by atoms with Gasteiger partial charge in [0.15, 0.2) is 0 Å². The van der Waals surface area contributed by atoms with E-state index >= 15 is 0 Å². The van der Waals surface area contributed by atoms with E-state index in [-0.39, 0.29) is 5.54 Å². The maximum Gasteiger partial charge on any atom is 0.0409 e. The standard InChI is InChI=1S/C13H19ClN2/c1-10(11-4-3-5-12(14)8-11)16(2)9-13(15)6-7-13/h3-5,8,10H,6-7,9,15H2,1-2H3. The van der Waals surface area contributed by atoms with Crippen molar-refractivity contribution in [3.63, 3.8) is 0 Å². The Balaban J connectivity index is 2.03. The first kappa shape index (κ1) is 11.9. The zero-order chi connectivity index (χ0) is 11.8. The zero-order valence-electron chi connectivity index (χ0n) is 9.91. The van der Waals surface area contributed by atoms with Gasteiger partial charge in [0.25, 0.3) is 0 Å². The Labute approximate surface area is 102 Å². The first-order valence-corrected chi connectivity index (χ1v) is 6.13. The molecule has 0 aliphatic heterocycles.